The van der Waals surface area contributed by atoms with Crippen LogP contribution in [0.2, 0.25) is 5.02 Å². The fourth-order valence-electron chi connectivity index (χ4n) is 2.33. The van der Waals surface area contributed by atoms with E-state index in [1.807, 2.05) is 26.0 Å². The first-order valence-corrected chi connectivity index (χ1v) is 8.71. The molecule has 0 amide bonds. The van der Waals surface area contributed by atoms with Crippen LogP contribution in [0.3, 0.4) is 0 Å². The van der Waals surface area contributed by atoms with Gasteiger partial charge in [-0.05, 0) is 50.2 Å². The standard InChI is InChI=1S/C18H15ClN2O2S/c1-11-7-12(2)9-14(8-11)17-20-21-18(23-17)24-10-16(22)13-3-5-15(19)6-4-13/h3-9H,10H2,1-2H3. The Morgan fingerprint density at radius 2 is 1.75 bits per heavy atom. The number of aryl methyl sites for hydroxylation is 2. The summed E-state index contributed by atoms with van der Waals surface area (Å²) in [6.07, 6.45) is 0. The summed E-state index contributed by atoms with van der Waals surface area (Å²) in [6, 6.07) is 12.9. The van der Waals surface area contributed by atoms with Gasteiger partial charge in [0.15, 0.2) is 5.78 Å². The van der Waals surface area contributed by atoms with Crippen LogP contribution in [0.5, 0.6) is 0 Å². The van der Waals surface area contributed by atoms with Gasteiger partial charge >= 0.3 is 0 Å². The molecule has 6 heteroatoms. The molecule has 2 aromatic carbocycles. The number of carbonyl (C=O) groups is 1. The number of carbonyl (C=O) groups excluding carboxylic acids is 1. The van der Waals surface area contributed by atoms with E-state index in [-0.39, 0.29) is 11.5 Å². The monoisotopic (exact) mass is 358 g/mol. The maximum absolute atomic E-state index is 12.1. The van der Waals surface area contributed by atoms with Gasteiger partial charge in [0.1, 0.15) is 0 Å². The summed E-state index contributed by atoms with van der Waals surface area (Å²) in [7, 11) is 0. The molecule has 0 atom stereocenters. The molecule has 0 radical (unpaired) electrons. The highest BCUT2D eigenvalue weighted by molar-refractivity contribution is 7.99. The van der Waals surface area contributed by atoms with E-state index in [9.17, 15) is 4.79 Å². The number of rotatable bonds is 5. The van der Waals surface area contributed by atoms with Crippen LogP contribution < -0.4 is 0 Å². The van der Waals surface area contributed by atoms with E-state index in [1.54, 1.807) is 24.3 Å². The third-order valence-corrected chi connectivity index (χ3v) is 4.44. The Morgan fingerprint density at radius 3 is 2.42 bits per heavy atom. The molecule has 24 heavy (non-hydrogen) atoms. The zero-order valence-corrected chi connectivity index (χ0v) is 14.8. The Morgan fingerprint density at radius 1 is 1.08 bits per heavy atom. The normalized spacial score (nSPS) is 10.8. The lowest BCUT2D eigenvalue weighted by atomic mass is 10.1. The number of hydrogen-bond acceptors (Lipinski definition) is 5. The van der Waals surface area contributed by atoms with Gasteiger partial charge in [-0.1, -0.05) is 40.6 Å². The van der Waals surface area contributed by atoms with Crippen molar-refractivity contribution < 1.29 is 9.21 Å². The van der Waals surface area contributed by atoms with E-state index in [0.717, 1.165) is 16.7 Å². The molecule has 0 saturated carbocycles. The summed E-state index contributed by atoms with van der Waals surface area (Å²) in [6.45, 7) is 4.04. The van der Waals surface area contributed by atoms with E-state index in [2.05, 4.69) is 16.3 Å². The molecular weight excluding hydrogens is 344 g/mol. The summed E-state index contributed by atoms with van der Waals surface area (Å²) in [5.41, 5.74) is 3.77. The first-order valence-electron chi connectivity index (χ1n) is 7.35. The van der Waals surface area contributed by atoms with Gasteiger partial charge in [0, 0.05) is 16.1 Å². The van der Waals surface area contributed by atoms with Crippen molar-refractivity contribution in [3.05, 3.63) is 64.2 Å². The van der Waals surface area contributed by atoms with Gasteiger partial charge in [-0.25, -0.2) is 0 Å². The minimum Gasteiger partial charge on any atom is -0.411 e. The van der Waals surface area contributed by atoms with Crippen LogP contribution in [0.15, 0.2) is 52.1 Å². The van der Waals surface area contributed by atoms with E-state index in [4.69, 9.17) is 16.0 Å². The quantitative estimate of drug-likeness (QED) is 0.475. The number of aromatic nitrogens is 2. The molecular formula is C18H15ClN2O2S. The molecule has 1 aromatic heterocycles. The molecule has 3 rings (SSSR count). The van der Waals surface area contributed by atoms with Crippen LogP contribution in [0.25, 0.3) is 11.5 Å². The average molecular weight is 359 g/mol. The predicted molar refractivity (Wildman–Crippen MR) is 95.7 cm³/mol. The summed E-state index contributed by atoms with van der Waals surface area (Å²) >= 11 is 7.05. The van der Waals surface area contributed by atoms with Crippen LogP contribution in [0, 0.1) is 13.8 Å². The zero-order valence-electron chi connectivity index (χ0n) is 13.2. The van der Waals surface area contributed by atoms with Crippen molar-refractivity contribution >= 4 is 29.1 Å². The first kappa shape index (κ1) is 16.7. The van der Waals surface area contributed by atoms with Gasteiger partial charge in [0.05, 0.1) is 5.75 Å². The van der Waals surface area contributed by atoms with Crippen LogP contribution in [-0.2, 0) is 0 Å². The highest BCUT2D eigenvalue weighted by atomic mass is 35.5. The maximum Gasteiger partial charge on any atom is 0.277 e. The van der Waals surface area contributed by atoms with E-state index in [1.165, 1.54) is 11.8 Å². The number of ketones is 1. The van der Waals surface area contributed by atoms with Crippen molar-refractivity contribution in [1.29, 1.82) is 0 Å². The smallest absolute Gasteiger partial charge is 0.277 e. The fraction of sp³-hybridized carbons (Fsp3) is 0.167. The number of hydrogen-bond donors (Lipinski definition) is 0. The van der Waals surface area contributed by atoms with Crippen molar-refractivity contribution in [2.24, 2.45) is 0 Å². The Hall–Kier alpha value is -2.11. The highest BCUT2D eigenvalue weighted by Crippen LogP contribution is 2.25. The van der Waals surface area contributed by atoms with Gasteiger partial charge in [0.25, 0.3) is 5.22 Å². The average Bonchev–Trinajstić information content (AvgIpc) is 3.01. The summed E-state index contributed by atoms with van der Waals surface area (Å²) in [5, 5.41) is 9.06. The Balaban J connectivity index is 1.68. The molecule has 0 aliphatic rings. The number of halogens is 1. The van der Waals surface area contributed by atoms with E-state index >= 15 is 0 Å². The van der Waals surface area contributed by atoms with Gasteiger partial charge < -0.3 is 4.42 Å². The van der Waals surface area contributed by atoms with Crippen LogP contribution in [0.1, 0.15) is 21.5 Å². The minimum absolute atomic E-state index is 0.0113. The van der Waals surface area contributed by atoms with Crippen molar-refractivity contribution in [2.45, 2.75) is 19.1 Å². The molecule has 0 N–H and O–H groups in total. The Kier molecular flexibility index (Phi) is 5.02. The van der Waals surface area contributed by atoms with Gasteiger partial charge in [-0.2, -0.15) is 0 Å². The van der Waals surface area contributed by atoms with Gasteiger partial charge in [0.2, 0.25) is 5.89 Å². The summed E-state index contributed by atoms with van der Waals surface area (Å²) < 4.78 is 5.65. The minimum atomic E-state index is -0.0113. The third kappa shape index (κ3) is 4.04. The second kappa shape index (κ2) is 7.20. The molecule has 0 fully saturated rings. The van der Waals surface area contributed by atoms with Crippen molar-refractivity contribution in [3.8, 4) is 11.5 Å². The number of thioether (sulfide) groups is 1. The SMILES string of the molecule is Cc1cc(C)cc(-c2nnc(SCC(=O)c3ccc(Cl)cc3)o2)c1. The van der Waals surface area contributed by atoms with Crippen LogP contribution in [0.4, 0.5) is 0 Å². The second-order valence-electron chi connectivity index (χ2n) is 5.47. The van der Waals surface area contributed by atoms with Crippen LogP contribution >= 0.6 is 23.4 Å². The molecule has 0 aliphatic heterocycles. The van der Waals surface area contributed by atoms with E-state index < -0.39 is 0 Å². The molecule has 0 spiro atoms. The van der Waals surface area contributed by atoms with Crippen molar-refractivity contribution in [2.75, 3.05) is 5.75 Å². The third-order valence-electron chi connectivity index (χ3n) is 3.37. The van der Waals surface area contributed by atoms with Crippen LogP contribution in [-0.4, -0.2) is 21.7 Å². The first-order chi connectivity index (χ1) is 11.5. The summed E-state index contributed by atoms with van der Waals surface area (Å²) in [4.78, 5) is 12.1. The molecule has 0 unspecified atom stereocenters. The van der Waals surface area contributed by atoms with Gasteiger partial charge in [-0.15, -0.1) is 10.2 Å². The largest absolute Gasteiger partial charge is 0.411 e. The predicted octanol–water partition coefficient (Wildman–Crippen LogP) is 4.98. The molecule has 0 bridgehead atoms. The Labute approximate surface area is 149 Å². The fourth-order valence-corrected chi connectivity index (χ4v) is 3.11. The molecule has 3 aromatic rings. The molecule has 0 aliphatic carbocycles. The zero-order chi connectivity index (χ0) is 17.1. The molecule has 0 saturated heterocycles. The molecule has 4 nitrogen and oxygen atoms in total. The number of benzene rings is 2. The van der Waals surface area contributed by atoms with Crippen molar-refractivity contribution in [3.63, 3.8) is 0 Å². The topological polar surface area (TPSA) is 56.0 Å². The highest BCUT2D eigenvalue weighted by Gasteiger charge is 2.13. The van der Waals surface area contributed by atoms with Gasteiger partial charge in [-0.3, -0.25) is 4.79 Å². The van der Waals surface area contributed by atoms with E-state index in [0.29, 0.717) is 21.7 Å². The lowest BCUT2D eigenvalue weighted by molar-refractivity contribution is 0.102. The maximum atomic E-state index is 12.1. The summed E-state index contributed by atoms with van der Waals surface area (Å²) in [5.74, 6) is 0.682. The Bertz CT molecular complexity index is 855. The molecule has 1 heterocycles. The number of Topliss-reactive ketones (excluding diaryl/α,β-unsaturated/α-hetero) is 1. The lowest BCUT2D eigenvalue weighted by Crippen LogP contribution is -2.01. The molecule has 122 valence electrons. The number of nitrogens with zero attached hydrogens (tertiary/aromatic N) is 2. The second-order valence-corrected chi connectivity index (χ2v) is 6.83. The lowest BCUT2D eigenvalue weighted by Gasteiger charge is -2.00. The van der Waals surface area contributed by atoms with Crippen molar-refractivity contribution in [1.82, 2.24) is 10.2 Å².